The summed E-state index contributed by atoms with van der Waals surface area (Å²) in [5.41, 5.74) is 14.9. The van der Waals surface area contributed by atoms with Gasteiger partial charge in [-0.15, -0.1) is 22.7 Å². The van der Waals surface area contributed by atoms with Crippen molar-refractivity contribution < 1.29 is 0 Å². The van der Waals surface area contributed by atoms with Gasteiger partial charge in [-0.3, -0.25) is 4.90 Å². The van der Waals surface area contributed by atoms with E-state index in [-0.39, 0.29) is 33.8 Å². The fraction of sp³-hybridized carbons (Fsp3) is 0.377. The molecule has 10 rings (SSSR count). The molecule has 0 saturated heterocycles. The molecule has 3 aromatic heterocycles. The summed E-state index contributed by atoms with van der Waals surface area (Å²) in [5.74, 6) is 1.04. The van der Waals surface area contributed by atoms with Gasteiger partial charge in [-0.2, -0.15) is 0 Å². The van der Waals surface area contributed by atoms with E-state index in [4.69, 9.17) is 4.98 Å². The second-order valence-electron chi connectivity index (χ2n) is 22.0. The minimum absolute atomic E-state index is 0.0184. The molecule has 0 saturated carbocycles. The molecular weight excluding hydrogens is 754 g/mol. The van der Waals surface area contributed by atoms with Crippen molar-refractivity contribution in [2.75, 3.05) is 9.80 Å². The van der Waals surface area contributed by atoms with E-state index in [1.165, 1.54) is 104 Å². The molecule has 3 nitrogen and oxygen atoms in total. The molecule has 0 unspecified atom stereocenters. The summed E-state index contributed by atoms with van der Waals surface area (Å²) in [7, 11) is 0. The lowest BCUT2D eigenvalue weighted by Crippen LogP contribution is -2.59. The standard InChI is InChI=1S/C53H58BN3S2/c1-49(2,3)31-14-18-34(19-15-31)56-40-24-27-55-48-43(40)54(46-44(56)36-28-32(50(4,5)6)16-22-41(36)58-46)47-45(37-29-33(51(7,8)9)17-23-42(37)59-47)57(48)35-20-21-38-39(30-35)53(12,13)26-25-52(38,10)11/h14-24,27-30H,25-26H2,1-13H3. The van der Waals surface area contributed by atoms with Crippen LogP contribution < -0.4 is 24.8 Å². The second kappa shape index (κ2) is 12.6. The second-order valence-corrected chi connectivity index (χ2v) is 24.2. The molecule has 0 amide bonds. The van der Waals surface area contributed by atoms with Gasteiger partial charge in [0.05, 0.1) is 11.4 Å². The SMILES string of the molecule is CC(C)(C)c1ccc(N2c3ccnc4c3B(c3sc5ccc(C(C)(C)C)cc5c32)c2sc3ccc(C(C)(C)C)cc3c2N4c2ccc3c(c2)C(C)(C)CCC3(C)C)cc1. The summed E-state index contributed by atoms with van der Waals surface area (Å²) in [5, 5.41) is 2.66. The predicted molar refractivity (Wildman–Crippen MR) is 260 cm³/mol. The molecular formula is C53H58BN3S2. The third-order valence-corrected chi connectivity index (χ3v) is 16.3. The molecule has 59 heavy (non-hydrogen) atoms. The highest BCUT2D eigenvalue weighted by Gasteiger charge is 2.48. The van der Waals surface area contributed by atoms with E-state index in [0.717, 1.165) is 5.82 Å². The largest absolute Gasteiger partial charge is 0.310 e. The maximum atomic E-state index is 5.46. The summed E-state index contributed by atoms with van der Waals surface area (Å²) in [4.78, 5) is 10.6. The first-order valence-corrected chi connectivity index (χ1v) is 23.3. The van der Waals surface area contributed by atoms with E-state index >= 15 is 0 Å². The number of thiophene rings is 2. The zero-order valence-corrected chi connectivity index (χ0v) is 38.9. The smallest absolute Gasteiger partial charge is 0.279 e. The van der Waals surface area contributed by atoms with Crippen LogP contribution in [0.2, 0.25) is 0 Å². The number of pyridine rings is 1. The maximum absolute atomic E-state index is 5.46. The van der Waals surface area contributed by atoms with Gasteiger partial charge in [0.25, 0.3) is 6.71 Å². The molecule has 4 aromatic carbocycles. The van der Waals surface area contributed by atoms with Gasteiger partial charge in [0.15, 0.2) is 0 Å². The van der Waals surface area contributed by atoms with Crippen molar-refractivity contribution >= 4 is 98.8 Å². The Bertz CT molecular complexity index is 2850. The molecule has 2 aliphatic heterocycles. The minimum Gasteiger partial charge on any atom is -0.310 e. The molecule has 0 bridgehead atoms. The third-order valence-electron chi connectivity index (χ3n) is 13.9. The van der Waals surface area contributed by atoms with Crippen LogP contribution in [0.4, 0.5) is 34.3 Å². The molecule has 6 heteroatoms. The van der Waals surface area contributed by atoms with Crippen molar-refractivity contribution in [3.05, 3.63) is 119 Å². The number of aromatic nitrogens is 1. The van der Waals surface area contributed by atoms with E-state index in [1.54, 1.807) is 0 Å². The average molecular weight is 812 g/mol. The van der Waals surface area contributed by atoms with Crippen molar-refractivity contribution in [3.8, 4) is 0 Å². The Morgan fingerprint density at radius 1 is 0.542 bits per heavy atom. The van der Waals surface area contributed by atoms with Gasteiger partial charge in [0.1, 0.15) is 5.82 Å². The number of fused-ring (bicyclic) bond motifs is 9. The Balaban J connectivity index is 1.31. The average Bonchev–Trinajstić information content (AvgIpc) is 3.74. The zero-order valence-electron chi connectivity index (χ0n) is 37.3. The first kappa shape index (κ1) is 38.8. The van der Waals surface area contributed by atoms with Gasteiger partial charge < -0.3 is 4.90 Å². The van der Waals surface area contributed by atoms with E-state index in [1.807, 2.05) is 22.7 Å². The number of hydrogen-bond acceptors (Lipinski definition) is 5. The molecule has 5 heterocycles. The summed E-state index contributed by atoms with van der Waals surface area (Å²) in [6, 6.07) is 33.5. The van der Waals surface area contributed by atoms with Gasteiger partial charge in [0, 0.05) is 53.0 Å². The lowest BCUT2D eigenvalue weighted by Gasteiger charge is -2.44. The summed E-state index contributed by atoms with van der Waals surface area (Å²) in [6.07, 6.45) is 4.44. The predicted octanol–water partition coefficient (Wildman–Crippen LogP) is 13.8. The molecule has 0 radical (unpaired) electrons. The topological polar surface area (TPSA) is 19.4 Å². The van der Waals surface area contributed by atoms with E-state index in [2.05, 4.69) is 191 Å². The Morgan fingerprint density at radius 3 is 1.58 bits per heavy atom. The zero-order chi connectivity index (χ0) is 41.8. The van der Waals surface area contributed by atoms with Gasteiger partial charge >= 0.3 is 0 Å². The van der Waals surface area contributed by atoms with Crippen LogP contribution in [0.15, 0.2) is 91.1 Å². The highest BCUT2D eigenvalue weighted by atomic mass is 32.1. The van der Waals surface area contributed by atoms with Crippen LogP contribution >= 0.6 is 22.7 Å². The molecule has 0 spiro atoms. The highest BCUT2D eigenvalue weighted by Crippen LogP contribution is 2.53. The van der Waals surface area contributed by atoms with Gasteiger partial charge in [-0.05, 0) is 128 Å². The molecule has 0 fully saturated rings. The van der Waals surface area contributed by atoms with Gasteiger partial charge in [-0.25, -0.2) is 4.98 Å². The van der Waals surface area contributed by atoms with Crippen LogP contribution in [0.5, 0.6) is 0 Å². The van der Waals surface area contributed by atoms with Crippen molar-refractivity contribution in [1.82, 2.24) is 4.98 Å². The minimum atomic E-state index is 0.0184. The molecule has 0 atom stereocenters. The number of hydrogen-bond donors (Lipinski definition) is 0. The Kier molecular flexibility index (Phi) is 8.27. The highest BCUT2D eigenvalue weighted by molar-refractivity contribution is 7.40. The van der Waals surface area contributed by atoms with Crippen molar-refractivity contribution in [1.29, 1.82) is 0 Å². The van der Waals surface area contributed by atoms with Crippen LogP contribution in [0.1, 0.15) is 131 Å². The first-order chi connectivity index (χ1) is 27.6. The fourth-order valence-electron chi connectivity index (χ4n) is 10.0. The van der Waals surface area contributed by atoms with E-state index < -0.39 is 0 Å². The first-order valence-electron chi connectivity index (χ1n) is 21.6. The van der Waals surface area contributed by atoms with Crippen LogP contribution in [0, 0.1) is 0 Å². The lowest BCUT2D eigenvalue weighted by atomic mass is 9.39. The number of anilines is 6. The van der Waals surface area contributed by atoms with Gasteiger partial charge in [-0.1, -0.05) is 120 Å². The molecule has 1 aliphatic carbocycles. The Morgan fingerprint density at radius 2 is 1.03 bits per heavy atom. The molecule has 3 aliphatic rings. The summed E-state index contributed by atoms with van der Waals surface area (Å²) >= 11 is 3.96. The van der Waals surface area contributed by atoms with Gasteiger partial charge in [0.2, 0.25) is 0 Å². The fourth-order valence-corrected chi connectivity index (χ4v) is 12.7. The van der Waals surface area contributed by atoms with E-state index in [9.17, 15) is 0 Å². The van der Waals surface area contributed by atoms with Crippen molar-refractivity contribution in [2.24, 2.45) is 0 Å². The normalized spacial score (nSPS) is 16.9. The Labute approximate surface area is 360 Å². The molecule has 300 valence electrons. The van der Waals surface area contributed by atoms with Crippen molar-refractivity contribution in [2.45, 2.75) is 130 Å². The summed E-state index contributed by atoms with van der Waals surface area (Å²) < 4.78 is 5.49. The third kappa shape index (κ3) is 5.90. The monoisotopic (exact) mass is 811 g/mol. The summed E-state index contributed by atoms with van der Waals surface area (Å²) in [6.45, 7) is 30.7. The van der Waals surface area contributed by atoms with Crippen LogP contribution in [0.25, 0.3) is 20.2 Å². The number of rotatable bonds is 2. The van der Waals surface area contributed by atoms with E-state index in [0.29, 0.717) is 0 Å². The molecule has 0 N–H and O–H groups in total. The number of benzene rings is 4. The van der Waals surface area contributed by atoms with Crippen LogP contribution in [-0.2, 0) is 27.1 Å². The van der Waals surface area contributed by atoms with Crippen LogP contribution in [-0.4, -0.2) is 11.7 Å². The Hall–Kier alpha value is -4.39. The maximum Gasteiger partial charge on any atom is 0.279 e. The quantitative estimate of drug-likeness (QED) is 0.162. The lowest BCUT2D eigenvalue weighted by molar-refractivity contribution is 0.332. The molecule has 7 aromatic rings. The van der Waals surface area contributed by atoms with Crippen LogP contribution in [0.3, 0.4) is 0 Å². The van der Waals surface area contributed by atoms with Crippen molar-refractivity contribution in [3.63, 3.8) is 0 Å². The number of nitrogens with zero attached hydrogens (tertiary/aromatic N) is 3.